The highest BCUT2D eigenvalue weighted by Gasteiger charge is 2.12. The molecule has 2 heterocycles. The molecular formula is C15H19N5O. The minimum absolute atomic E-state index is 0.829. The van der Waals surface area contributed by atoms with Gasteiger partial charge in [0.1, 0.15) is 18.4 Å². The molecule has 1 fully saturated rings. The molecule has 1 aliphatic heterocycles. The Bertz CT molecular complexity index is 603. The van der Waals surface area contributed by atoms with Crippen LogP contribution >= 0.6 is 0 Å². The van der Waals surface area contributed by atoms with Gasteiger partial charge in [-0.3, -0.25) is 0 Å². The molecule has 0 radical (unpaired) electrons. The van der Waals surface area contributed by atoms with Gasteiger partial charge in [0.25, 0.3) is 0 Å². The van der Waals surface area contributed by atoms with E-state index in [2.05, 4.69) is 32.3 Å². The Morgan fingerprint density at radius 2 is 1.90 bits per heavy atom. The maximum atomic E-state index is 5.49. The van der Waals surface area contributed by atoms with Crippen molar-refractivity contribution in [1.29, 1.82) is 0 Å². The molecule has 0 amide bonds. The summed E-state index contributed by atoms with van der Waals surface area (Å²) in [4.78, 5) is 2.41. The largest absolute Gasteiger partial charge is 0.496 e. The summed E-state index contributed by atoms with van der Waals surface area (Å²) in [6.07, 6.45) is 8.70. The molecule has 0 saturated carbocycles. The van der Waals surface area contributed by atoms with Crippen LogP contribution in [0, 0.1) is 0 Å². The van der Waals surface area contributed by atoms with E-state index in [9.17, 15) is 0 Å². The van der Waals surface area contributed by atoms with Crippen molar-refractivity contribution in [1.82, 2.24) is 14.9 Å². The standard InChI is InChI=1S/C15H19N5O/c1-21-15-9-14(19-7-3-2-4-8-19)6-5-13(15)10-18-20-11-16-17-12-20/h5-6,9-12H,2-4,7-8H2,1H3/b18-10-. The first-order chi connectivity index (χ1) is 10.4. The topological polar surface area (TPSA) is 55.5 Å². The van der Waals surface area contributed by atoms with Crippen LogP contribution in [0.15, 0.2) is 36.0 Å². The molecule has 3 rings (SSSR count). The minimum Gasteiger partial charge on any atom is -0.496 e. The van der Waals surface area contributed by atoms with Gasteiger partial charge >= 0.3 is 0 Å². The molecule has 110 valence electrons. The summed E-state index contributed by atoms with van der Waals surface area (Å²) < 4.78 is 7.04. The van der Waals surface area contributed by atoms with E-state index in [0.717, 1.165) is 24.4 Å². The Balaban J connectivity index is 1.81. The molecule has 0 N–H and O–H groups in total. The van der Waals surface area contributed by atoms with Crippen LogP contribution in [-0.4, -0.2) is 41.3 Å². The molecular weight excluding hydrogens is 266 g/mol. The van der Waals surface area contributed by atoms with E-state index < -0.39 is 0 Å². The van der Waals surface area contributed by atoms with Crippen molar-refractivity contribution in [3.05, 3.63) is 36.4 Å². The fourth-order valence-electron chi connectivity index (χ4n) is 2.54. The van der Waals surface area contributed by atoms with Crippen molar-refractivity contribution in [2.24, 2.45) is 5.10 Å². The van der Waals surface area contributed by atoms with Crippen molar-refractivity contribution >= 4 is 11.9 Å². The van der Waals surface area contributed by atoms with E-state index in [4.69, 9.17) is 4.74 Å². The molecule has 1 saturated heterocycles. The maximum absolute atomic E-state index is 5.49. The van der Waals surface area contributed by atoms with E-state index >= 15 is 0 Å². The number of anilines is 1. The van der Waals surface area contributed by atoms with Gasteiger partial charge in [-0.1, -0.05) is 0 Å². The van der Waals surface area contributed by atoms with Crippen LogP contribution in [0.2, 0.25) is 0 Å². The quantitative estimate of drug-likeness (QED) is 0.808. The molecule has 0 aliphatic carbocycles. The molecule has 0 unspecified atom stereocenters. The normalized spacial score (nSPS) is 15.6. The van der Waals surface area contributed by atoms with Gasteiger partial charge in [0.2, 0.25) is 0 Å². The number of nitrogens with zero attached hydrogens (tertiary/aromatic N) is 5. The predicted molar refractivity (Wildman–Crippen MR) is 82.1 cm³/mol. The van der Waals surface area contributed by atoms with E-state index in [0.29, 0.717) is 0 Å². The highest BCUT2D eigenvalue weighted by atomic mass is 16.5. The number of methoxy groups -OCH3 is 1. The van der Waals surface area contributed by atoms with Gasteiger partial charge in [-0.15, -0.1) is 10.2 Å². The van der Waals surface area contributed by atoms with Crippen molar-refractivity contribution in [2.75, 3.05) is 25.1 Å². The SMILES string of the molecule is COc1cc(N2CCCCC2)ccc1/C=N\n1cnnc1. The number of hydrogen-bond acceptors (Lipinski definition) is 5. The molecule has 0 bridgehead atoms. The second kappa shape index (κ2) is 6.39. The lowest BCUT2D eigenvalue weighted by molar-refractivity contribution is 0.414. The van der Waals surface area contributed by atoms with Gasteiger partial charge < -0.3 is 9.64 Å². The molecule has 6 heteroatoms. The highest BCUT2D eigenvalue weighted by Crippen LogP contribution is 2.26. The van der Waals surface area contributed by atoms with E-state index in [1.807, 2.05) is 6.07 Å². The van der Waals surface area contributed by atoms with Crippen LogP contribution in [0.4, 0.5) is 5.69 Å². The zero-order valence-electron chi connectivity index (χ0n) is 12.1. The van der Waals surface area contributed by atoms with Crippen molar-refractivity contribution in [3.8, 4) is 5.75 Å². The van der Waals surface area contributed by atoms with Gasteiger partial charge in [0, 0.05) is 30.4 Å². The predicted octanol–water partition coefficient (Wildman–Crippen LogP) is 2.16. The summed E-state index contributed by atoms with van der Waals surface area (Å²) in [5.41, 5.74) is 2.15. The van der Waals surface area contributed by atoms with Gasteiger partial charge in [0.05, 0.1) is 13.3 Å². The first-order valence-electron chi connectivity index (χ1n) is 7.19. The fourth-order valence-corrected chi connectivity index (χ4v) is 2.54. The van der Waals surface area contributed by atoms with E-state index in [1.54, 1.807) is 30.7 Å². The number of benzene rings is 1. The number of ether oxygens (including phenoxy) is 1. The average Bonchev–Trinajstić information content (AvgIpc) is 3.07. The van der Waals surface area contributed by atoms with Crippen molar-refractivity contribution < 1.29 is 4.74 Å². The molecule has 6 nitrogen and oxygen atoms in total. The van der Waals surface area contributed by atoms with E-state index in [1.165, 1.54) is 24.9 Å². The Hall–Kier alpha value is -2.37. The Labute approximate surface area is 124 Å². The van der Waals surface area contributed by atoms with Crippen LogP contribution in [0.25, 0.3) is 0 Å². The van der Waals surface area contributed by atoms with Gasteiger partial charge in [0.15, 0.2) is 0 Å². The molecule has 1 aliphatic rings. The second-order valence-electron chi connectivity index (χ2n) is 5.06. The zero-order valence-corrected chi connectivity index (χ0v) is 12.1. The monoisotopic (exact) mass is 285 g/mol. The van der Waals surface area contributed by atoms with Crippen LogP contribution in [0.5, 0.6) is 5.75 Å². The zero-order chi connectivity index (χ0) is 14.5. The number of hydrogen-bond donors (Lipinski definition) is 0. The Morgan fingerprint density at radius 1 is 1.14 bits per heavy atom. The molecule has 1 aromatic heterocycles. The highest BCUT2D eigenvalue weighted by molar-refractivity contribution is 5.84. The average molecular weight is 285 g/mol. The van der Waals surface area contributed by atoms with Crippen molar-refractivity contribution in [3.63, 3.8) is 0 Å². The maximum Gasteiger partial charge on any atom is 0.141 e. The molecule has 1 aromatic carbocycles. The van der Waals surface area contributed by atoms with Crippen LogP contribution in [0.1, 0.15) is 24.8 Å². The van der Waals surface area contributed by atoms with Crippen LogP contribution < -0.4 is 9.64 Å². The van der Waals surface area contributed by atoms with E-state index in [-0.39, 0.29) is 0 Å². The molecule has 2 aromatic rings. The smallest absolute Gasteiger partial charge is 0.141 e. The van der Waals surface area contributed by atoms with Gasteiger partial charge in [-0.2, -0.15) is 5.10 Å². The van der Waals surface area contributed by atoms with Crippen LogP contribution in [0.3, 0.4) is 0 Å². The van der Waals surface area contributed by atoms with Gasteiger partial charge in [-0.25, -0.2) is 4.68 Å². The number of aromatic nitrogens is 3. The summed E-state index contributed by atoms with van der Waals surface area (Å²) in [5, 5.41) is 11.7. The first kappa shape index (κ1) is 13.6. The molecule has 0 atom stereocenters. The summed E-state index contributed by atoms with van der Waals surface area (Å²) >= 11 is 0. The second-order valence-corrected chi connectivity index (χ2v) is 5.06. The van der Waals surface area contributed by atoms with Crippen LogP contribution in [-0.2, 0) is 0 Å². The summed E-state index contributed by atoms with van der Waals surface area (Å²) in [6, 6.07) is 6.25. The lowest BCUT2D eigenvalue weighted by atomic mass is 10.1. The number of piperidine rings is 1. The number of rotatable bonds is 4. The lowest BCUT2D eigenvalue weighted by Crippen LogP contribution is -2.29. The lowest BCUT2D eigenvalue weighted by Gasteiger charge is -2.29. The summed E-state index contributed by atoms with van der Waals surface area (Å²) in [6.45, 7) is 2.24. The third-order valence-electron chi connectivity index (χ3n) is 3.67. The Kier molecular flexibility index (Phi) is 4.14. The van der Waals surface area contributed by atoms with Crippen molar-refractivity contribution in [2.45, 2.75) is 19.3 Å². The minimum atomic E-state index is 0.829. The summed E-state index contributed by atoms with van der Waals surface area (Å²) in [7, 11) is 1.69. The molecule has 21 heavy (non-hydrogen) atoms. The van der Waals surface area contributed by atoms with Gasteiger partial charge in [-0.05, 0) is 31.4 Å². The third-order valence-corrected chi connectivity index (χ3v) is 3.67. The Morgan fingerprint density at radius 3 is 2.62 bits per heavy atom. The first-order valence-corrected chi connectivity index (χ1v) is 7.19. The molecule has 0 spiro atoms. The third kappa shape index (κ3) is 3.21. The fraction of sp³-hybridized carbons (Fsp3) is 0.400. The summed E-state index contributed by atoms with van der Waals surface area (Å²) in [5.74, 6) is 0.829.